The van der Waals surface area contributed by atoms with Crippen LogP contribution in [-0.2, 0) is 0 Å². The Morgan fingerprint density at radius 3 is 3.07 bits per heavy atom. The number of hydrogen-bond acceptors (Lipinski definition) is 2. The van der Waals surface area contributed by atoms with E-state index < -0.39 is 0 Å². The van der Waals surface area contributed by atoms with Crippen LogP contribution in [0, 0.1) is 5.92 Å². The first-order valence-corrected chi connectivity index (χ1v) is 4.76. The van der Waals surface area contributed by atoms with E-state index in [2.05, 4.69) is 10.3 Å². The number of aliphatic hydroxyl groups excluding tert-OH is 1. The molecule has 14 heavy (non-hydrogen) atoms. The van der Waals surface area contributed by atoms with Crippen LogP contribution in [0.3, 0.4) is 0 Å². The van der Waals surface area contributed by atoms with Gasteiger partial charge in [0.2, 0.25) is 0 Å². The van der Waals surface area contributed by atoms with Crippen LogP contribution < -0.4 is 5.32 Å². The van der Waals surface area contributed by atoms with Crippen molar-refractivity contribution < 1.29 is 9.90 Å². The molecule has 1 aromatic rings. The molecule has 3 N–H and O–H groups in total. The fraction of sp³-hybridized carbons (Fsp3) is 0.500. The molecule has 1 atom stereocenters. The molecule has 0 bridgehead atoms. The van der Waals surface area contributed by atoms with E-state index in [1.807, 2.05) is 6.92 Å². The standard InChI is InChI=1S/C10H16N2O2/c1-8(4-6-13)7-12-10(14)9-3-2-5-11-9/h2-3,5,8,11,13H,4,6-7H2,1H3,(H,12,14). The summed E-state index contributed by atoms with van der Waals surface area (Å²) < 4.78 is 0. The van der Waals surface area contributed by atoms with Gasteiger partial charge in [-0.25, -0.2) is 0 Å². The molecule has 0 aliphatic rings. The Hall–Kier alpha value is -1.29. The lowest BCUT2D eigenvalue weighted by atomic mass is 10.1. The van der Waals surface area contributed by atoms with Crippen molar-refractivity contribution in [3.8, 4) is 0 Å². The molecule has 0 spiro atoms. The number of amides is 1. The number of carbonyl (C=O) groups excluding carboxylic acids is 1. The lowest BCUT2D eigenvalue weighted by Gasteiger charge is -2.10. The zero-order chi connectivity index (χ0) is 10.4. The molecule has 1 aromatic heterocycles. The van der Waals surface area contributed by atoms with Gasteiger partial charge in [-0.2, -0.15) is 0 Å². The summed E-state index contributed by atoms with van der Waals surface area (Å²) in [5.74, 6) is 0.207. The summed E-state index contributed by atoms with van der Waals surface area (Å²) in [7, 11) is 0. The minimum absolute atomic E-state index is 0.0974. The van der Waals surface area contributed by atoms with E-state index in [0.717, 1.165) is 0 Å². The molecule has 1 unspecified atom stereocenters. The topological polar surface area (TPSA) is 65.1 Å². The summed E-state index contributed by atoms with van der Waals surface area (Å²) in [6.45, 7) is 2.75. The van der Waals surface area contributed by atoms with Crippen LogP contribution in [0.1, 0.15) is 23.8 Å². The maximum Gasteiger partial charge on any atom is 0.267 e. The molecular weight excluding hydrogens is 180 g/mol. The molecule has 4 nitrogen and oxygen atoms in total. The van der Waals surface area contributed by atoms with Gasteiger partial charge in [0, 0.05) is 19.3 Å². The lowest BCUT2D eigenvalue weighted by molar-refractivity contribution is 0.0941. The molecule has 0 radical (unpaired) electrons. The Morgan fingerprint density at radius 1 is 1.71 bits per heavy atom. The molecule has 0 aliphatic carbocycles. The third-order valence-corrected chi connectivity index (χ3v) is 2.08. The maximum atomic E-state index is 11.4. The van der Waals surface area contributed by atoms with Crippen molar-refractivity contribution in [2.24, 2.45) is 5.92 Å². The normalized spacial score (nSPS) is 12.4. The average molecular weight is 196 g/mol. The van der Waals surface area contributed by atoms with Gasteiger partial charge in [0.05, 0.1) is 0 Å². The van der Waals surface area contributed by atoms with Crippen molar-refractivity contribution in [2.45, 2.75) is 13.3 Å². The number of hydrogen-bond donors (Lipinski definition) is 3. The maximum absolute atomic E-state index is 11.4. The first-order chi connectivity index (χ1) is 6.74. The number of rotatable bonds is 5. The van der Waals surface area contributed by atoms with Gasteiger partial charge < -0.3 is 15.4 Å². The summed E-state index contributed by atoms with van der Waals surface area (Å²) in [5.41, 5.74) is 0.571. The molecule has 0 aliphatic heterocycles. The van der Waals surface area contributed by atoms with Crippen LogP contribution in [0.15, 0.2) is 18.3 Å². The molecule has 1 heterocycles. The smallest absolute Gasteiger partial charge is 0.267 e. The zero-order valence-electron chi connectivity index (χ0n) is 8.29. The second-order valence-electron chi connectivity index (χ2n) is 3.41. The fourth-order valence-corrected chi connectivity index (χ4v) is 1.16. The van der Waals surface area contributed by atoms with E-state index in [9.17, 15) is 4.79 Å². The van der Waals surface area contributed by atoms with Crippen LogP contribution in [-0.4, -0.2) is 29.1 Å². The van der Waals surface area contributed by atoms with Crippen LogP contribution in [0.5, 0.6) is 0 Å². The molecule has 1 amide bonds. The predicted molar refractivity (Wildman–Crippen MR) is 54.0 cm³/mol. The van der Waals surface area contributed by atoms with Gasteiger partial charge in [0.25, 0.3) is 5.91 Å². The number of aromatic nitrogens is 1. The van der Waals surface area contributed by atoms with E-state index in [0.29, 0.717) is 24.6 Å². The number of aromatic amines is 1. The van der Waals surface area contributed by atoms with Crippen molar-refractivity contribution in [1.82, 2.24) is 10.3 Å². The van der Waals surface area contributed by atoms with E-state index in [4.69, 9.17) is 5.11 Å². The average Bonchev–Trinajstić information content (AvgIpc) is 2.67. The molecule has 4 heteroatoms. The van der Waals surface area contributed by atoms with Crippen molar-refractivity contribution in [3.63, 3.8) is 0 Å². The number of nitrogens with one attached hydrogen (secondary N) is 2. The summed E-state index contributed by atoms with van der Waals surface area (Å²) in [4.78, 5) is 14.2. The minimum Gasteiger partial charge on any atom is -0.396 e. The predicted octanol–water partition coefficient (Wildman–Crippen LogP) is 0.763. The Bertz CT molecular complexity index is 270. The van der Waals surface area contributed by atoms with Crippen LogP contribution in [0.2, 0.25) is 0 Å². The molecule has 0 saturated heterocycles. The van der Waals surface area contributed by atoms with Gasteiger partial charge in [0.15, 0.2) is 0 Å². The highest BCUT2D eigenvalue weighted by Gasteiger charge is 2.07. The number of H-pyrrole nitrogens is 1. The zero-order valence-corrected chi connectivity index (χ0v) is 8.29. The second-order valence-corrected chi connectivity index (χ2v) is 3.41. The van der Waals surface area contributed by atoms with Gasteiger partial charge in [0.1, 0.15) is 5.69 Å². The molecule has 0 aromatic carbocycles. The van der Waals surface area contributed by atoms with Gasteiger partial charge in [-0.3, -0.25) is 4.79 Å². The number of aliphatic hydroxyl groups is 1. The largest absolute Gasteiger partial charge is 0.396 e. The molecule has 78 valence electrons. The minimum atomic E-state index is -0.0974. The summed E-state index contributed by atoms with van der Waals surface area (Å²) in [6.07, 6.45) is 2.43. The highest BCUT2D eigenvalue weighted by Crippen LogP contribution is 1.99. The van der Waals surface area contributed by atoms with Crippen molar-refractivity contribution in [3.05, 3.63) is 24.0 Å². The van der Waals surface area contributed by atoms with Crippen LogP contribution >= 0.6 is 0 Å². The Morgan fingerprint density at radius 2 is 2.50 bits per heavy atom. The second kappa shape index (κ2) is 5.44. The molecule has 0 fully saturated rings. The Kier molecular flexibility index (Phi) is 4.19. The van der Waals surface area contributed by atoms with Crippen molar-refractivity contribution in [2.75, 3.05) is 13.2 Å². The third kappa shape index (κ3) is 3.22. The van der Waals surface area contributed by atoms with Gasteiger partial charge in [-0.1, -0.05) is 6.92 Å². The van der Waals surface area contributed by atoms with E-state index >= 15 is 0 Å². The van der Waals surface area contributed by atoms with Gasteiger partial charge in [-0.15, -0.1) is 0 Å². The van der Waals surface area contributed by atoms with Crippen LogP contribution in [0.4, 0.5) is 0 Å². The first-order valence-electron chi connectivity index (χ1n) is 4.76. The third-order valence-electron chi connectivity index (χ3n) is 2.08. The Balaban J connectivity index is 2.28. The summed E-state index contributed by atoms with van der Waals surface area (Å²) in [5, 5.41) is 11.5. The van der Waals surface area contributed by atoms with Crippen molar-refractivity contribution in [1.29, 1.82) is 0 Å². The van der Waals surface area contributed by atoms with E-state index in [1.54, 1.807) is 18.3 Å². The summed E-state index contributed by atoms with van der Waals surface area (Å²) >= 11 is 0. The SMILES string of the molecule is CC(CCO)CNC(=O)c1ccc[nH]1. The summed E-state index contributed by atoms with van der Waals surface area (Å²) in [6, 6.07) is 3.51. The lowest BCUT2D eigenvalue weighted by Crippen LogP contribution is -2.28. The fourth-order valence-electron chi connectivity index (χ4n) is 1.16. The van der Waals surface area contributed by atoms with Crippen LogP contribution in [0.25, 0.3) is 0 Å². The monoisotopic (exact) mass is 196 g/mol. The molecular formula is C10H16N2O2. The van der Waals surface area contributed by atoms with E-state index in [1.165, 1.54) is 0 Å². The molecule has 1 rings (SSSR count). The van der Waals surface area contributed by atoms with Gasteiger partial charge >= 0.3 is 0 Å². The Labute approximate surface area is 83.3 Å². The van der Waals surface area contributed by atoms with Gasteiger partial charge in [-0.05, 0) is 24.5 Å². The molecule has 0 saturated carbocycles. The number of carbonyl (C=O) groups is 1. The highest BCUT2D eigenvalue weighted by molar-refractivity contribution is 5.92. The first kappa shape index (κ1) is 10.8. The van der Waals surface area contributed by atoms with E-state index in [-0.39, 0.29) is 12.5 Å². The highest BCUT2D eigenvalue weighted by atomic mass is 16.3. The quantitative estimate of drug-likeness (QED) is 0.651. The van der Waals surface area contributed by atoms with Crippen molar-refractivity contribution >= 4 is 5.91 Å².